The fourth-order valence-electron chi connectivity index (χ4n) is 2.79. The quantitative estimate of drug-likeness (QED) is 0.915. The van der Waals surface area contributed by atoms with Gasteiger partial charge in [0.1, 0.15) is 0 Å². The highest BCUT2D eigenvalue weighted by Gasteiger charge is 2.21. The van der Waals surface area contributed by atoms with Crippen LogP contribution in [0.3, 0.4) is 0 Å². The van der Waals surface area contributed by atoms with Gasteiger partial charge in [0.25, 0.3) is 0 Å². The van der Waals surface area contributed by atoms with E-state index in [0.29, 0.717) is 6.04 Å². The van der Waals surface area contributed by atoms with Gasteiger partial charge in [0.15, 0.2) is 0 Å². The molecule has 1 aromatic carbocycles. The molecular formula is C15H20ClN3. The number of hydrogen-bond donors (Lipinski definition) is 1. The van der Waals surface area contributed by atoms with Crippen LogP contribution in [0.15, 0.2) is 30.5 Å². The van der Waals surface area contributed by atoms with Crippen molar-refractivity contribution in [2.24, 2.45) is 0 Å². The normalized spacial score (nSPS) is 18.3. The highest BCUT2D eigenvalue weighted by atomic mass is 35.5. The number of fused-ring (bicyclic) bond motifs is 1. The molecule has 102 valence electrons. The number of nitrogens with one attached hydrogen (secondary N) is 1. The van der Waals surface area contributed by atoms with Gasteiger partial charge >= 0.3 is 0 Å². The molecule has 3 rings (SSSR count). The summed E-state index contributed by atoms with van der Waals surface area (Å²) in [5.74, 6) is 0. The fourth-order valence-corrected chi connectivity index (χ4v) is 2.79. The Labute approximate surface area is 120 Å². The molecular weight excluding hydrogens is 258 g/mol. The lowest BCUT2D eigenvalue weighted by atomic mass is 10.1. The Kier molecular flexibility index (Phi) is 4.27. The lowest BCUT2D eigenvalue weighted by Crippen LogP contribution is -2.33. The molecule has 0 amide bonds. The van der Waals surface area contributed by atoms with E-state index in [4.69, 9.17) is 0 Å². The number of benzene rings is 1. The lowest BCUT2D eigenvalue weighted by molar-refractivity contribution is 0.683. The standard InChI is InChI=1S/C15H19N3.ClH/c1-11-13-5-3-4-6-14(13)17-10-15(11)18(2)12-7-8-16-9-12;/h3-6,10,12,16H,7-9H2,1-2H3;1H. The molecule has 1 aliphatic heterocycles. The monoisotopic (exact) mass is 277 g/mol. The molecule has 1 saturated heterocycles. The van der Waals surface area contributed by atoms with E-state index >= 15 is 0 Å². The first-order valence-electron chi connectivity index (χ1n) is 6.55. The third-order valence-corrected chi connectivity index (χ3v) is 3.98. The van der Waals surface area contributed by atoms with Crippen molar-refractivity contribution in [2.75, 3.05) is 25.0 Å². The Hall–Kier alpha value is -1.32. The van der Waals surface area contributed by atoms with Gasteiger partial charge in [-0.2, -0.15) is 0 Å². The zero-order valence-corrected chi connectivity index (χ0v) is 12.2. The number of aryl methyl sites for hydroxylation is 1. The number of halogens is 1. The molecule has 19 heavy (non-hydrogen) atoms. The van der Waals surface area contributed by atoms with Crippen molar-refractivity contribution in [1.82, 2.24) is 10.3 Å². The van der Waals surface area contributed by atoms with Crippen molar-refractivity contribution in [3.63, 3.8) is 0 Å². The highest BCUT2D eigenvalue weighted by molar-refractivity contribution is 5.86. The smallest absolute Gasteiger partial charge is 0.0706 e. The minimum Gasteiger partial charge on any atom is -0.369 e. The summed E-state index contributed by atoms with van der Waals surface area (Å²) in [7, 11) is 2.18. The summed E-state index contributed by atoms with van der Waals surface area (Å²) in [6.07, 6.45) is 3.22. The van der Waals surface area contributed by atoms with Gasteiger partial charge in [-0.15, -0.1) is 12.4 Å². The minimum absolute atomic E-state index is 0. The molecule has 0 saturated carbocycles. The van der Waals surface area contributed by atoms with E-state index in [0.717, 1.165) is 18.6 Å². The van der Waals surface area contributed by atoms with Crippen molar-refractivity contribution in [2.45, 2.75) is 19.4 Å². The number of pyridine rings is 1. The van der Waals surface area contributed by atoms with E-state index in [2.05, 4.69) is 47.4 Å². The van der Waals surface area contributed by atoms with Crippen LogP contribution in [0.25, 0.3) is 10.9 Å². The zero-order valence-electron chi connectivity index (χ0n) is 11.4. The van der Waals surface area contributed by atoms with Gasteiger partial charge in [-0.25, -0.2) is 0 Å². The maximum atomic E-state index is 4.57. The molecule has 0 aliphatic carbocycles. The Balaban J connectivity index is 0.00000133. The van der Waals surface area contributed by atoms with Crippen LogP contribution >= 0.6 is 12.4 Å². The van der Waals surface area contributed by atoms with Crippen LogP contribution in [-0.4, -0.2) is 31.2 Å². The third-order valence-electron chi connectivity index (χ3n) is 3.98. The average molecular weight is 278 g/mol. The molecule has 1 atom stereocenters. The van der Waals surface area contributed by atoms with Gasteiger partial charge < -0.3 is 10.2 Å². The number of rotatable bonds is 2. The Bertz CT molecular complexity index is 564. The maximum Gasteiger partial charge on any atom is 0.0706 e. The summed E-state index contributed by atoms with van der Waals surface area (Å²) < 4.78 is 0. The molecule has 3 nitrogen and oxygen atoms in total. The van der Waals surface area contributed by atoms with Crippen molar-refractivity contribution in [3.05, 3.63) is 36.0 Å². The molecule has 0 bridgehead atoms. The van der Waals surface area contributed by atoms with Crippen molar-refractivity contribution >= 4 is 29.0 Å². The summed E-state index contributed by atoms with van der Waals surface area (Å²) in [6, 6.07) is 8.94. The summed E-state index contributed by atoms with van der Waals surface area (Å²) >= 11 is 0. The third kappa shape index (κ3) is 2.53. The van der Waals surface area contributed by atoms with Crippen molar-refractivity contribution in [1.29, 1.82) is 0 Å². The van der Waals surface area contributed by atoms with E-state index in [1.54, 1.807) is 0 Å². The number of aromatic nitrogens is 1. The fraction of sp³-hybridized carbons (Fsp3) is 0.400. The Morgan fingerprint density at radius 3 is 2.84 bits per heavy atom. The van der Waals surface area contributed by atoms with Crippen LogP contribution in [0.2, 0.25) is 0 Å². The summed E-state index contributed by atoms with van der Waals surface area (Å²) in [5, 5.41) is 4.67. The summed E-state index contributed by atoms with van der Waals surface area (Å²) in [4.78, 5) is 6.94. The second-order valence-electron chi connectivity index (χ2n) is 5.04. The van der Waals surface area contributed by atoms with Crippen molar-refractivity contribution < 1.29 is 0 Å². The maximum absolute atomic E-state index is 4.57. The van der Waals surface area contributed by atoms with Gasteiger partial charge in [0, 0.05) is 25.0 Å². The second kappa shape index (κ2) is 5.76. The molecule has 1 aliphatic rings. The van der Waals surface area contributed by atoms with Gasteiger partial charge in [-0.05, 0) is 31.5 Å². The number of hydrogen-bond acceptors (Lipinski definition) is 3. The first kappa shape index (κ1) is 14.1. The van der Waals surface area contributed by atoms with Gasteiger partial charge in [-0.3, -0.25) is 4.98 Å². The number of anilines is 1. The molecule has 4 heteroatoms. The Morgan fingerprint density at radius 2 is 2.11 bits per heavy atom. The average Bonchev–Trinajstić information content (AvgIpc) is 2.93. The van der Waals surface area contributed by atoms with E-state index in [1.165, 1.54) is 23.1 Å². The van der Waals surface area contributed by atoms with Crippen LogP contribution in [0.5, 0.6) is 0 Å². The Morgan fingerprint density at radius 1 is 1.32 bits per heavy atom. The zero-order chi connectivity index (χ0) is 12.5. The number of nitrogens with zero attached hydrogens (tertiary/aromatic N) is 2. The first-order chi connectivity index (χ1) is 8.77. The number of likely N-dealkylation sites (N-methyl/N-ethyl adjacent to an activating group) is 1. The predicted molar refractivity (Wildman–Crippen MR) is 83.4 cm³/mol. The first-order valence-corrected chi connectivity index (χ1v) is 6.55. The van der Waals surface area contributed by atoms with Gasteiger partial charge in [-0.1, -0.05) is 18.2 Å². The second-order valence-corrected chi connectivity index (χ2v) is 5.04. The largest absolute Gasteiger partial charge is 0.369 e. The topological polar surface area (TPSA) is 28.2 Å². The van der Waals surface area contributed by atoms with Crippen molar-refractivity contribution in [3.8, 4) is 0 Å². The summed E-state index contributed by atoms with van der Waals surface area (Å²) in [6.45, 7) is 4.38. The van der Waals surface area contributed by atoms with E-state index < -0.39 is 0 Å². The molecule has 0 radical (unpaired) electrons. The molecule has 1 fully saturated rings. The molecule has 1 aromatic heterocycles. The van der Waals surface area contributed by atoms with Crippen LogP contribution in [-0.2, 0) is 0 Å². The lowest BCUT2D eigenvalue weighted by Gasteiger charge is -2.27. The minimum atomic E-state index is 0. The molecule has 1 N–H and O–H groups in total. The summed E-state index contributed by atoms with van der Waals surface area (Å²) in [5.41, 5.74) is 3.66. The predicted octanol–water partition coefficient (Wildman–Crippen LogP) is 2.76. The van der Waals surface area contributed by atoms with Crippen LogP contribution in [0, 0.1) is 6.92 Å². The van der Waals surface area contributed by atoms with E-state index in [9.17, 15) is 0 Å². The van der Waals surface area contributed by atoms with E-state index in [-0.39, 0.29) is 12.4 Å². The molecule has 1 unspecified atom stereocenters. The van der Waals surface area contributed by atoms with E-state index in [1.807, 2.05) is 12.3 Å². The van der Waals surface area contributed by atoms with Crippen LogP contribution in [0.1, 0.15) is 12.0 Å². The number of para-hydroxylation sites is 1. The molecule has 0 spiro atoms. The highest BCUT2D eigenvalue weighted by Crippen LogP contribution is 2.27. The molecule has 2 heterocycles. The SMILES string of the molecule is Cc1c(N(C)C2CCNC2)cnc2ccccc12.Cl. The van der Waals surface area contributed by atoms with Gasteiger partial charge in [0.2, 0.25) is 0 Å². The van der Waals surface area contributed by atoms with Gasteiger partial charge in [0.05, 0.1) is 17.4 Å². The van der Waals surface area contributed by atoms with Crippen LogP contribution < -0.4 is 10.2 Å². The van der Waals surface area contributed by atoms with Crippen LogP contribution in [0.4, 0.5) is 5.69 Å². The molecule has 2 aromatic rings.